The molecule has 1 aromatic carbocycles. The fraction of sp³-hybridized carbons (Fsp3) is 0.571. The molecule has 0 saturated carbocycles. The van der Waals surface area contributed by atoms with Gasteiger partial charge in [-0.1, -0.05) is 0 Å². The molecule has 4 N–H and O–H groups in total. The lowest BCUT2D eigenvalue weighted by atomic mass is 9.86. The van der Waals surface area contributed by atoms with E-state index < -0.39 is 0 Å². The van der Waals surface area contributed by atoms with E-state index in [1.807, 2.05) is 0 Å². The van der Waals surface area contributed by atoms with Crippen molar-refractivity contribution in [3.63, 3.8) is 0 Å². The highest BCUT2D eigenvalue weighted by molar-refractivity contribution is 5.50. The molecule has 2 heteroatoms. The molecule has 0 saturated heterocycles. The Labute approximate surface area is 99.0 Å². The van der Waals surface area contributed by atoms with Gasteiger partial charge < -0.3 is 11.5 Å². The van der Waals surface area contributed by atoms with E-state index in [0.717, 1.165) is 6.42 Å². The van der Waals surface area contributed by atoms with Crippen LogP contribution in [0.1, 0.15) is 45.8 Å². The highest BCUT2D eigenvalue weighted by Crippen LogP contribution is 2.30. The largest absolute Gasteiger partial charge is 0.330 e. The molecule has 0 aliphatic heterocycles. The van der Waals surface area contributed by atoms with Crippen LogP contribution in [0.25, 0.3) is 0 Å². The second-order valence-electron chi connectivity index (χ2n) is 4.72. The first-order chi connectivity index (χ1) is 7.41. The first kappa shape index (κ1) is 13.2. The van der Waals surface area contributed by atoms with E-state index >= 15 is 0 Å². The van der Waals surface area contributed by atoms with E-state index in [4.69, 9.17) is 11.5 Å². The van der Waals surface area contributed by atoms with Crippen LogP contribution in [0.3, 0.4) is 0 Å². The third kappa shape index (κ3) is 2.13. The van der Waals surface area contributed by atoms with E-state index in [9.17, 15) is 0 Å². The second-order valence-corrected chi connectivity index (χ2v) is 4.72. The summed E-state index contributed by atoms with van der Waals surface area (Å²) in [6.07, 6.45) is 0.851. The van der Waals surface area contributed by atoms with Crippen LogP contribution in [0.15, 0.2) is 0 Å². The number of hydrogen-bond donors (Lipinski definition) is 2. The van der Waals surface area contributed by atoms with Gasteiger partial charge in [0.2, 0.25) is 0 Å². The zero-order valence-electron chi connectivity index (χ0n) is 11.1. The molecule has 1 aromatic rings. The molecule has 1 atom stereocenters. The molecule has 0 amide bonds. The van der Waals surface area contributed by atoms with Gasteiger partial charge in [-0.05, 0) is 81.0 Å². The normalized spacial score (nSPS) is 12.9. The average Bonchev–Trinajstić information content (AvgIpc) is 2.24. The fourth-order valence-electron chi connectivity index (χ4n) is 2.41. The lowest BCUT2D eigenvalue weighted by Gasteiger charge is -2.22. The molecule has 0 aromatic heterocycles. The Balaban J connectivity index is 3.39. The quantitative estimate of drug-likeness (QED) is 0.822. The van der Waals surface area contributed by atoms with Crippen LogP contribution in [0.4, 0.5) is 0 Å². The van der Waals surface area contributed by atoms with Crippen LogP contribution in [0, 0.1) is 34.6 Å². The van der Waals surface area contributed by atoms with E-state index in [0.29, 0.717) is 6.54 Å². The number of nitrogens with two attached hydrogens (primary N) is 2. The smallest absolute Gasteiger partial charge is 0.0312 e. The number of hydrogen-bond acceptors (Lipinski definition) is 2. The van der Waals surface area contributed by atoms with Crippen molar-refractivity contribution in [2.75, 3.05) is 6.54 Å². The van der Waals surface area contributed by atoms with Crippen molar-refractivity contribution >= 4 is 0 Å². The Hall–Kier alpha value is -0.860. The van der Waals surface area contributed by atoms with Crippen LogP contribution in [-0.2, 0) is 0 Å². The summed E-state index contributed by atoms with van der Waals surface area (Å²) in [6.45, 7) is 11.5. The maximum atomic E-state index is 6.22. The molecular weight excluding hydrogens is 196 g/mol. The van der Waals surface area contributed by atoms with Crippen LogP contribution >= 0.6 is 0 Å². The third-order valence-electron chi connectivity index (χ3n) is 3.91. The summed E-state index contributed by atoms with van der Waals surface area (Å²) in [5, 5.41) is 0. The number of rotatable bonds is 3. The van der Waals surface area contributed by atoms with Gasteiger partial charge >= 0.3 is 0 Å². The summed E-state index contributed by atoms with van der Waals surface area (Å²) in [5.74, 6) is 0. The van der Waals surface area contributed by atoms with Gasteiger partial charge in [0, 0.05) is 6.04 Å². The molecule has 2 nitrogen and oxygen atoms in total. The Morgan fingerprint density at radius 2 is 1.19 bits per heavy atom. The molecule has 0 fully saturated rings. The van der Waals surface area contributed by atoms with Crippen LogP contribution in [-0.4, -0.2) is 6.54 Å². The molecule has 0 aliphatic rings. The van der Waals surface area contributed by atoms with Crippen LogP contribution in [0.2, 0.25) is 0 Å². The van der Waals surface area contributed by atoms with Crippen molar-refractivity contribution in [1.82, 2.24) is 0 Å². The minimum Gasteiger partial charge on any atom is -0.330 e. The van der Waals surface area contributed by atoms with Crippen molar-refractivity contribution < 1.29 is 0 Å². The topological polar surface area (TPSA) is 52.0 Å². The molecule has 0 aliphatic carbocycles. The molecule has 0 heterocycles. The zero-order valence-corrected chi connectivity index (χ0v) is 11.1. The molecule has 1 rings (SSSR count). The summed E-state index contributed by atoms with van der Waals surface area (Å²) < 4.78 is 0. The lowest BCUT2D eigenvalue weighted by molar-refractivity contribution is 0.652. The molecule has 90 valence electrons. The van der Waals surface area contributed by atoms with E-state index in [1.54, 1.807) is 0 Å². The van der Waals surface area contributed by atoms with Crippen molar-refractivity contribution in [3.8, 4) is 0 Å². The zero-order chi connectivity index (χ0) is 12.5. The maximum Gasteiger partial charge on any atom is 0.0312 e. The molecule has 0 spiro atoms. The van der Waals surface area contributed by atoms with Crippen molar-refractivity contribution in [1.29, 1.82) is 0 Å². The second kappa shape index (κ2) is 4.98. The summed E-state index contributed by atoms with van der Waals surface area (Å²) in [4.78, 5) is 0. The molecular formula is C14H24N2. The Morgan fingerprint density at radius 1 is 0.812 bits per heavy atom. The first-order valence-electron chi connectivity index (χ1n) is 5.94. The number of benzene rings is 1. The van der Waals surface area contributed by atoms with Gasteiger partial charge in [0.15, 0.2) is 0 Å². The molecule has 0 radical (unpaired) electrons. The van der Waals surface area contributed by atoms with E-state index in [1.165, 1.54) is 33.4 Å². The third-order valence-corrected chi connectivity index (χ3v) is 3.91. The minimum atomic E-state index is 0.0722. The summed E-state index contributed by atoms with van der Waals surface area (Å²) in [7, 11) is 0. The van der Waals surface area contributed by atoms with Gasteiger partial charge in [-0.25, -0.2) is 0 Å². The first-order valence-corrected chi connectivity index (χ1v) is 5.94. The Morgan fingerprint density at radius 3 is 1.56 bits per heavy atom. The van der Waals surface area contributed by atoms with Gasteiger partial charge in [-0.3, -0.25) is 0 Å². The fourth-order valence-corrected chi connectivity index (χ4v) is 2.41. The van der Waals surface area contributed by atoms with E-state index in [2.05, 4.69) is 34.6 Å². The predicted molar refractivity (Wildman–Crippen MR) is 70.7 cm³/mol. The summed E-state index contributed by atoms with van der Waals surface area (Å²) in [5.41, 5.74) is 19.9. The SMILES string of the molecule is Cc1c(C)c(C)c([C@@H](N)CCN)c(C)c1C. The van der Waals surface area contributed by atoms with Gasteiger partial charge in [-0.15, -0.1) is 0 Å². The van der Waals surface area contributed by atoms with Crippen molar-refractivity contribution in [2.24, 2.45) is 11.5 Å². The molecule has 16 heavy (non-hydrogen) atoms. The molecule has 0 unspecified atom stereocenters. The highest BCUT2D eigenvalue weighted by Gasteiger charge is 2.16. The standard InChI is InChI=1S/C14H24N2/c1-8-9(2)11(4)14(12(5)10(8)3)13(16)6-7-15/h13H,6-7,15-16H2,1-5H3/t13-/m0/s1. The highest BCUT2D eigenvalue weighted by atomic mass is 14.7. The summed E-state index contributed by atoms with van der Waals surface area (Å²) >= 11 is 0. The Kier molecular flexibility index (Phi) is 4.11. The van der Waals surface area contributed by atoms with Crippen LogP contribution in [0.5, 0.6) is 0 Å². The predicted octanol–water partition coefficient (Wildman–Crippen LogP) is 2.58. The molecule has 0 bridgehead atoms. The van der Waals surface area contributed by atoms with Gasteiger partial charge in [0.05, 0.1) is 0 Å². The van der Waals surface area contributed by atoms with Gasteiger partial charge in [-0.2, -0.15) is 0 Å². The van der Waals surface area contributed by atoms with Crippen LogP contribution < -0.4 is 11.5 Å². The van der Waals surface area contributed by atoms with Gasteiger partial charge in [0.1, 0.15) is 0 Å². The maximum absolute atomic E-state index is 6.22. The monoisotopic (exact) mass is 220 g/mol. The van der Waals surface area contributed by atoms with Crippen molar-refractivity contribution in [3.05, 3.63) is 33.4 Å². The van der Waals surface area contributed by atoms with E-state index in [-0.39, 0.29) is 6.04 Å². The van der Waals surface area contributed by atoms with Gasteiger partial charge in [0.25, 0.3) is 0 Å². The van der Waals surface area contributed by atoms with Crippen molar-refractivity contribution in [2.45, 2.75) is 47.1 Å². The minimum absolute atomic E-state index is 0.0722. The summed E-state index contributed by atoms with van der Waals surface area (Å²) in [6, 6.07) is 0.0722. The lowest BCUT2D eigenvalue weighted by Crippen LogP contribution is -2.19. The Bertz CT molecular complexity index is 365. The average molecular weight is 220 g/mol.